The van der Waals surface area contributed by atoms with Crippen LogP contribution in [0.25, 0.3) is 0 Å². The van der Waals surface area contributed by atoms with Crippen molar-refractivity contribution in [3.05, 3.63) is 0 Å². The third-order valence-electron chi connectivity index (χ3n) is 1.94. The highest BCUT2D eigenvalue weighted by atomic mass is 16.5. The van der Waals surface area contributed by atoms with E-state index in [2.05, 4.69) is 16.6 Å². The summed E-state index contributed by atoms with van der Waals surface area (Å²) in [7, 11) is 1.30. The molecule has 1 aliphatic rings. The van der Waals surface area contributed by atoms with Crippen LogP contribution in [0.5, 0.6) is 0 Å². The Morgan fingerprint density at radius 1 is 1.50 bits per heavy atom. The van der Waals surface area contributed by atoms with Crippen LogP contribution in [0.15, 0.2) is 0 Å². The highest BCUT2D eigenvalue weighted by molar-refractivity contribution is 5.88. The summed E-state index contributed by atoms with van der Waals surface area (Å²) in [5, 5.41) is 0. The van der Waals surface area contributed by atoms with E-state index in [1.807, 2.05) is 0 Å². The third-order valence-corrected chi connectivity index (χ3v) is 1.94. The average molecular weight is 198 g/mol. The lowest BCUT2D eigenvalue weighted by Crippen LogP contribution is -2.23. The van der Waals surface area contributed by atoms with Gasteiger partial charge in [0.1, 0.15) is 6.61 Å². The van der Waals surface area contributed by atoms with Crippen LogP contribution in [0.2, 0.25) is 0 Å². The van der Waals surface area contributed by atoms with E-state index in [4.69, 9.17) is 9.47 Å². The molecule has 0 radical (unpaired) electrons. The van der Waals surface area contributed by atoms with Crippen molar-refractivity contribution in [2.45, 2.75) is 18.9 Å². The number of methoxy groups -OCH3 is 1. The lowest BCUT2D eigenvalue weighted by Gasteiger charge is -2.21. The minimum atomic E-state index is -0.527. The molecule has 0 bridgehead atoms. The van der Waals surface area contributed by atoms with Gasteiger partial charge in [0.25, 0.3) is 0 Å². The first-order valence-corrected chi connectivity index (χ1v) is 4.59. The molecule has 14 heavy (non-hydrogen) atoms. The minimum Gasteiger partial charge on any atom is -0.459 e. The van der Waals surface area contributed by atoms with Crippen molar-refractivity contribution in [1.29, 1.82) is 0 Å². The summed E-state index contributed by atoms with van der Waals surface area (Å²) < 4.78 is 14.9. The van der Waals surface area contributed by atoms with Crippen molar-refractivity contribution in [2.24, 2.45) is 0 Å². The smallest absolute Gasteiger partial charge is 0.384 e. The lowest BCUT2D eigenvalue weighted by atomic mass is 10.2. The van der Waals surface area contributed by atoms with Gasteiger partial charge in [-0.15, -0.1) is 0 Å². The summed E-state index contributed by atoms with van der Waals surface area (Å²) >= 11 is 0. The Balaban J connectivity index is 2.12. The Labute approximate surface area is 83.5 Å². The van der Waals surface area contributed by atoms with Gasteiger partial charge in [0.15, 0.2) is 0 Å². The second-order valence-electron chi connectivity index (χ2n) is 2.92. The Hall–Kier alpha value is -1.05. The molecule has 0 aromatic rings. The fourth-order valence-corrected chi connectivity index (χ4v) is 1.16. The first kappa shape index (κ1) is 11.0. The largest absolute Gasteiger partial charge is 0.459 e. The molecular formula is C10H14O4. The minimum absolute atomic E-state index is 0.218. The van der Waals surface area contributed by atoms with Crippen molar-refractivity contribution in [3.63, 3.8) is 0 Å². The van der Waals surface area contributed by atoms with E-state index in [-0.39, 0.29) is 12.7 Å². The van der Waals surface area contributed by atoms with Gasteiger partial charge in [-0.1, -0.05) is 5.92 Å². The van der Waals surface area contributed by atoms with E-state index in [1.54, 1.807) is 0 Å². The van der Waals surface area contributed by atoms with Crippen LogP contribution < -0.4 is 0 Å². The Kier molecular flexibility index (Phi) is 5.05. The number of hydrogen-bond acceptors (Lipinski definition) is 4. The van der Waals surface area contributed by atoms with Crippen LogP contribution in [-0.2, 0) is 19.0 Å². The van der Waals surface area contributed by atoms with Crippen molar-refractivity contribution in [2.75, 3.05) is 26.9 Å². The van der Waals surface area contributed by atoms with Crippen LogP contribution in [-0.4, -0.2) is 39.0 Å². The van der Waals surface area contributed by atoms with Gasteiger partial charge in [-0.25, -0.2) is 4.79 Å². The molecule has 0 amide bonds. The van der Waals surface area contributed by atoms with Gasteiger partial charge >= 0.3 is 5.97 Å². The van der Waals surface area contributed by atoms with Gasteiger partial charge < -0.3 is 14.2 Å². The molecule has 0 unspecified atom stereocenters. The molecule has 78 valence electrons. The zero-order valence-electron chi connectivity index (χ0n) is 8.25. The van der Waals surface area contributed by atoms with E-state index in [9.17, 15) is 4.79 Å². The summed E-state index contributed by atoms with van der Waals surface area (Å²) in [6.07, 6.45) is 2.02. The first-order valence-electron chi connectivity index (χ1n) is 4.59. The molecule has 0 saturated carbocycles. The molecule has 0 N–H and O–H groups in total. The molecule has 0 aromatic carbocycles. The SMILES string of the molecule is COC(=O)C#CCOC1CCOCC1. The van der Waals surface area contributed by atoms with Crippen LogP contribution in [0, 0.1) is 11.8 Å². The van der Waals surface area contributed by atoms with Crippen molar-refractivity contribution in [1.82, 2.24) is 0 Å². The molecule has 0 aromatic heterocycles. The molecule has 1 fully saturated rings. The number of carbonyl (C=O) groups excluding carboxylic acids is 1. The fraction of sp³-hybridized carbons (Fsp3) is 0.700. The predicted octanol–water partition coefficient (Wildman–Crippen LogP) is 0.358. The first-order chi connectivity index (χ1) is 6.83. The monoisotopic (exact) mass is 198 g/mol. The number of ether oxygens (including phenoxy) is 3. The van der Waals surface area contributed by atoms with E-state index in [1.165, 1.54) is 7.11 Å². The maximum absolute atomic E-state index is 10.6. The second kappa shape index (κ2) is 6.41. The van der Waals surface area contributed by atoms with Crippen molar-refractivity contribution < 1.29 is 19.0 Å². The maximum Gasteiger partial charge on any atom is 0.384 e. The molecule has 1 heterocycles. The van der Waals surface area contributed by atoms with Gasteiger partial charge in [-0.05, 0) is 12.8 Å². The number of esters is 1. The Bertz CT molecular complexity index is 232. The van der Waals surface area contributed by atoms with Crippen LogP contribution in [0.1, 0.15) is 12.8 Å². The standard InChI is InChI=1S/C10H14O4/c1-12-10(11)3-2-6-14-9-4-7-13-8-5-9/h9H,4-8H2,1H3. The van der Waals surface area contributed by atoms with E-state index < -0.39 is 5.97 Å². The summed E-state index contributed by atoms with van der Waals surface area (Å²) in [4.78, 5) is 10.6. The molecule has 1 saturated heterocycles. The van der Waals surface area contributed by atoms with E-state index >= 15 is 0 Å². The zero-order chi connectivity index (χ0) is 10.2. The van der Waals surface area contributed by atoms with E-state index in [0.29, 0.717) is 0 Å². The predicted molar refractivity (Wildman–Crippen MR) is 49.6 cm³/mol. The summed E-state index contributed by atoms with van der Waals surface area (Å²) in [6, 6.07) is 0. The summed E-state index contributed by atoms with van der Waals surface area (Å²) in [6.45, 7) is 1.77. The van der Waals surface area contributed by atoms with Crippen molar-refractivity contribution >= 4 is 5.97 Å². The highest BCUT2D eigenvalue weighted by Gasteiger charge is 2.12. The second-order valence-corrected chi connectivity index (χ2v) is 2.92. The quantitative estimate of drug-likeness (QED) is 0.365. The molecule has 0 atom stereocenters. The number of carbonyl (C=O) groups is 1. The zero-order valence-corrected chi connectivity index (χ0v) is 8.25. The molecular weight excluding hydrogens is 184 g/mol. The van der Waals surface area contributed by atoms with Gasteiger partial charge in [-0.2, -0.15) is 0 Å². The maximum atomic E-state index is 10.6. The van der Waals surface area contributed by atoms with Crippen LogP contribution in [0.3, 0.4) is 0 Å². The molecule has 1 rings (SSSR count). The molecule has 4 heteroatoms. The molecule has 0 aliphatic carbocycles. The summed E-state index contributed by atoms with van der Waals surface area (Å²) in [5.41, 5.74) is 0. The summed E-state index contributed by atoms with van der Waals surface area (Å²) in [5.74, 6) is 4.37. The average Bonchev–Trinajstić information content (AvgIpc) is 2.25. The topological polar surface area (TPSA) is 44.8 Å². The fourth-order valence-electron chi connectivity index (χ4n) is 1.16. The Morgan fingerprint density at radius 3 is 2.86 bits per heavy atom. The number of hydrogen-bond donors (Lipinski definition) is 0. The third kappa shape index (κ3) is 4.26. The van der Waals surface area contributed by atoms with Crippen LogP contribution >= 0.6 is 0 Å². The van der Waals surface area contributed by atoms with Gasteiger partial charge in [0.05, 0.1) is 13.2 Å². The van der Waals surface area contributed by atoms with Gasteiger partial charge in [0, 0.05) is 19.1 Å². The number of rotatable bonds is 2. The molecule has 4 nitrogen and oxygen atoms in total. The highest BCUT2D eigenvalue weighted by Crippen LogP contribution is 2.09. The molecule has 1 aliphatic heterocycles. The lowest BCUT2D eigenvalue weighted by molar-refractivity contribution is -0.133. The normalized spacial score (nSPS) is 16.9. The Morgan fingerprint density at radius 2 is 2.21 bits per heavy atom. The van der Waals surface area contributed by atoms with Crippen LogP contribution in [0.4, 0.5) is 0 Å². The van der Waals surface area contributed by atoms with Gasteiger partial charge in [0.2, 0.25) is 0 Å². The van der Waals surface area contributed by atoms with Crippen molar-refractivity contribution in [3.8, 4) is 11.8 Å². The molecule has 0 spiro atoms. The van der Waals surface area contributed by atoms with Gasteiger partial charge in [-0.3, -0.25) is 0 Å². The van der Waals surface area contributed by atoms with E-state index in [0.717, 1.165) is 26.1 Å².